The van der Waals surface area contributed by atoms with Gasteiger partial charge in [0.2, 0.25) is 0 Å². The average molecular weight is 310 g/mol. The molecule has 0 aliphatic heterocycles. The molecule has 0 amide bonds. The lowest BCUT2D eigenvalue weighted by atomic mass is 10.1. The summed E-state index contributed by atoms with van der Waals surface area (Å²) in [6.07, 6.45) is 0. The summed E-state index contributed by atoms with van der Waals surface area (Å²) < 4.78 is 5.81. The van der Waals surface area contributed by atoms with E-state index in [1.807, 2.05) is 48.5 Å². The van der Waals surface area contributed by atoms with Crippen molar-refractivity contribution in [3.63, 3.8) is 0 Å². The molecule has 1 atom stereocenters. The molecule has 0 bridgehead atoms. The van der Waals surface area contributed by atoms with E-state index in [2.05, 4.69) is 12.2 Å². The van der Waals surface area contributed by atoms with Crippen LogP contribution in [0.25, 0.3) is 0 Å². The summed E-state index contributed by atoms with van der Waals surface area (Å²) in [4.78, 5) is 0. The van der Waals surface area contributed by atoms with Crippen LogP contribution in [0.4, 0.5) is 0 Å². The van der Waals surface area contributed by atoms with E-state index >= 15 is 0 Å². The summed E-state index contributed by atoms with van der Waals surface area (Å²) in [5, 5.41) is 4.84. The zero-order chi connectivity index (χ0) is 14.4. The molecule has 106 valence electrons. The monoisotopic (exact) mass is 309 g/mol. The first kappa shape index (κ1) is 15.2. The van der Waals surface area contributed by atoms with Crippen molar-refractivity contribution in [1.29, 1.82) is 0 Å². The summed E-state index contributed by atoms with van der Waals surface area (Å²) in [7, 11) is 0. The van der Waals surface area contributed by atoms with Crippen molar-refractivity contribution in [3.8, 4) is 5.75 Å². The molecule has 2 aromatic carbocycles. The highest BCUT2D eigenvalue weighted by molar-refractivity contribution is 6.30. The SMILES string of the molecule is CCNC(COc1ccc(Cl)cc1)c1cccc(Cl)c1. The number of halogens is 2. The van der Waals surface area contributed by atoms with Gasteiger partial charge in [0, 0.05) is 10.0 Å². The first-order valence-corrected chi connectivity index (χ1v) is 7.32. The number of ether oxygens (including phenoxy) is 1. The van der Waals surface area contributed by atoms with Crippen molar-refractivity contribution in [2.45, 2.75) is 13.0 Å². The lowest BCUT2D eigenvalue weighted by Crippen LogP contribution is -2.26. The van der Waals surface area contributed by atoms with Crippen LogP contribution in [-0.4, -0.2) is 13.2 Å². The summed E-state index contributed by atoms with van der Waals surface area (Å²) in [6, 6.07) is 15.3. The Morgan fingerprint density at radius 1 is 1.05 bits per heavy atom. The minimum Gasteiger partial charge on any atom is -0.492 e. The van der Waals surface area contributed by atoms with E-state index in [-0.39, 0.29) is 6.04 Å². The molecule has 0 aliphatic carbocycles. The second-order valence-electron chi connectivity index (χ2n) is 4.43. The van der Waals surface area contributed by atoms with Gasteiger partial charge in [-0.15, -0.1) is 0 Å². The van der Waals surface area contributed by atoms with Crippen LogP contribution >= 0.6 is 23.2 Å². The van der Waals surface area contributed by atoms with Crippen molar-refractivity contribution in [3.05, 3.63) is 64.1 Å². The highest BCUT2D eigenvalue weighted by Crippen LogP contribution is 2.20. The Balaban J connectivity index is 2.04. The van der Waals surface area contributed by atoms with E-state index in [9.17, 15) is 0 Å². The van der Waals surface area contributed by atoms with Gasteiger partial charge in [-0.1, -0.05) is 42.3 Å². The third kappa shape index (κ3) is 4.41. The molecule has 1 N–H and O–H groups in total. The van der Waals surface area contributed by atoms with Gasteiger partial charge in [0.1, 0.15) is 12.4 Å². The molecule has 0 fully saturated rings. The second kappa shape index (κ2) is 7.53. The molecule has 0 aromatic heterocycles. The van der Waals surface area contributed by atoms with Crippen LogP contribution in [0.5, 0.6) is 5.75 Å². The molecule has 1 unspecified atom stereocenters. The van der Waals surface area contributed by atoms with Gasteiger partial charge in [-0.25, -0.2) is 0 Å². The van der Waals surface area contributed by atoms with Gasteiger partial charge in [-0.3, -0.25) is 0 Å². The highest BCUT2D eigenvalue weighted by atomic mass is 35.5. The Bertz CT molecular complexity index is 542. The average Bonchev–Trinajstić information content (AvgIpc) is 2.45. The molecule has 0 spiro atoms. The summed E-state index contributed by atoms with van der Waals surface area (Å²) >= 11 is 11.9. The molecule has 2 rings (SSSR count). The van der Waals surface area contributed by atoms with Gasteiger partial charge in [0.25, 0.3) is 0 Å². The molecule has 0 radical (unpaired) electrons. The third-order valence-corrected chi connectivity index (χ3v) is 3.42. The molecule has 4 heteroatoms. The van der Waals surface area contributed by atoms with E-state index in [4.69, 9.17) is 27.9 Å². The highest BCUT2D eigenvalue weighted by Gasteiger charge is 2.11. The van der Waals surface area contributed by atoms with Crippen LogP contribution in [0.1, 0.15) is 18.5 Å². The van der Waals surface area contributed by atoms with Crippen molar-refractivity contribution in [2.75, 3.05) is 13.2 Å². The molecule has 0 heterocycles. The summed E-state index contributed by atoms with van der Waals surface area (Å²) in [5.74, 6) is 0.805. The van der Waals surface area contributed by atoms with Gasteiger partial charge in [0.05, 0.1) is 6.04 Å². The van der Waals surface area contributed by atoms with E-state index < -0.39 is 0 Å². The number of hydrogen-bond acceptors (Lipinski definition) is 2. The van der Waals surface area contributed by atoms with Gasteiger partial charge in [-0.05, 0) is 48.5 Å². The van der Waals surface area contributed by atoms with Gasteiger partial charge in [-0.2, -0.15) is 0 Å². The maximum atomic E-state index is 6.04. The lowest BCUT2D eigenvalue weighted by Gasteiger charge is -2.19. The molecule has 0 aliphatic rings. The fourth-order valence-electron chi connectivity index (χ4n) is 1.95. The second-order valence-corrected chi connectivity index (χ2v) is 5.30. The Kier molecular flexibility index (Phi) is 5.72. The van der Waals surface area contributed by atoms with E-state index in [1.54, 1.807) is 0 Å². The zero-order valence-corrected chi connectivity index (χ0v) is 12.8. The first-order valence-electron chi connectivity index (χ1n) is 6.56. The molecule has 20 heavy (non-hydrogen) atoms. The zero-order valence-electron chi connectivity index (χ0n) is 11.3. The van der Waals surface area contributed by atoms with E-state index in [0.29, 0.717) is 11.6 Å². The largest absolute Gasteiger partial charge is 0.492 e. The van der Waals surface area contributed by atoms with Crippen molar-refractivity contribution in [2.24, 2.45) is 0 Å². The fourth-order valence-corrected chi connectivity index (χ4v) is 2.28. The number of likely N-dealkylation sites (N-methyl/N-ethyl adjacent to an activating group) is 1. The van der Waals surface area contributed by atoms with E-state index in [0.717, 1.165) is 22.9 Å². The predicted molar refractivity (Wildman–Crippen MR) is 84.8 cm³/mol. The standard InChI is InChI=1S/C16H17Cl2NO/c1-2-19-16(12-4-3-5-14(18)10-12)11-20-15-8-6-13(17)7-9-15/h3-10,16,19H,2,11H2,1H3. The normalized spacial score (nSPS) is 12.2. The molecular weight excluding hydrogens is 293 g/mol. The lowest BCUT2D eigenvalue weighted by molar-refractivity contribution is 0.268. The Hall–Kier alpha value is -1.22. The number of hydrogen-bond donors (Lipinski definition) is 1. The smallest absolute Gasteiger partial charge is 0.119 e. The Labute approximate surface area is 129 Å². The van der Waals surface area contributed by atoms with Gasteiger partial charge in [0.15, 0.2) is 0 Å². The number of nitrogens with one attached hydrogen (secondary N) is 1. The van der Waals surface area contributed by atoms with Crippen molar-refractivity contribution in [1.82, 2.24) is 5.32 Å². The minimum absolute atomic E-state index is 0.106. The number of benzene rings is 2. The topological polar surface area (TPSA) is 21.3 Å². The van der Waals surface area contributed by atoms with Crippen LogP contribution in [0.2, 0.25) is 10.0 Å². The Morgan fingerprint density at radius 3 is 2.45 bits per heavy atom. The third-order valence-electron chi connectivity index (χ3n) is 2.93. The van der Waals surface area contributed by atoms with Crippen LogP contribution in [0.3, 0.4) is 0 Å². The maximum Gasteiger partial charge on any atom is 0.119 e. The Morgan fingerprint density at radius 2 is 1.80 bits per heavy atom. The molecule has 0 saturated carbocycles. The first-order chi connectivity index (χ1) is 9.69. The minimum atomic E-state index is 0.106. The molecule has 2 aromatic rings. The van der Waals surface area contributed by atoms with Crippen LogP contribution in [0.15, 0.2) is 48.5 Å². The molecule has 2 nitrogen and oxygen atoms in total. The van der Waals surface area contributed by atoms with Crippen LogP contribution < -0.4 is 10.1 Å². The van der Waals surface area contributed by atoms with E-state index in [1.165, 1.54) is 0 Å². The summed E-state index contributed by atoms with van der Waals surface area (Å²) in [5.41, 5.74) is 1.12. The maximum absolute atomic E-state index is 6.04. The summed E-state index contributed by atoms with van der Waals surface area (Å²) in [6.45, 7) is 3.47. The predicted octanol–water partition coefficient (Wildman–Crippen LogP) is 4.72. The molecule has 0 saturated heterocycles. The quantitative estimate of drug-likeness (QED) is 0.833. The number of rotatable bonds is 6. The van der Waals surface area contributed by atoms with Crippen molar-refractivity contribution >= 4 is 23.2 Å². The van der Waals surface area contributed by atoms with Crippen LogP contribution in [-0.2, 0) is 0 Å². The van der Waals surface area contributed by atoms with Crippen molar-refractivity contribution < 1.29 is 4.74 Å². The van der Waals surface area contributed by atoms with Crippen LogP contribution in [0, 0.1) is 0 Å². The van der Waals surface area contributed by atoms with Gasteiger partial charge < -0.3 is 10.1 Å². The van der Waals surface area contributed by atoms with Gasteiger partial charge >= 0.3 is 0 Å². The molecular formula is C16H17Cl2NO. The fraction of sp³-hybridized carbons (Fsp3) is 0.250.